The van der Waals surface area contributed by atoms with Gasteiger partial charge in [-0.3, -0.25) is 4.79 Å². The van der Waals surface area contributed by atoms with Crippen LogP contribution in [0.1, 0.15) is 25.7 Å². The fraction of sp³-hybridized carbons (Fsp3) is 0.462. The summed E-state index contributed by atoms with van der Waals surface area (Å²) in [5, 5.41) is 0. The lowest BCUT2D eigenvalue weighted by Gasteiger charge is -2.27. The molecule has 21 heavy (non-hydrogen) atoms. The van der Waals surface area contributed by atoms with Crippen LogP contribution in [0.4, 0.5) is 5.69 Å². The Morgan fingerprint density at radius 1 is 1.24 bits per heavy atom. The molecular weight excluding hydrogens is 358 g/mol. The summed E-state index contributed by atoms with van der Waals surface area (Å²) in [6.07, 6.45) is 2.41. The number of nitrogen functional groups attached to an aromatic ring is 1. The van der Waals surface area contributed by atoms with Gasteiger partial charge in [0.15, 0.2) is 0 Å². The largest absolute Gasteiger partial charge is 0.398 e. The molecule has 8 heteroatoms. The topological polar surface area (TPSA) is 115 Å². The van der Waals surface area contributed by atoms with Crippen LogP contribution in [0.3, 0.4) is 0 Å². The van der Waals surface area contributed by atoms with E-state index in [0.717, 1.165) is 0 Å². The van der Waals surface area contributed by atoms with Crippen LogP contribution in [0.15, 0.2) is 27.6 Å². The first-order chi connectivity index (χ1) is 9.79. The SMILES string of the molecule is NC(=O)C1CCC(NS(=O)(=O)c2cc(Br)ccc2N)CC1. The summed E-state index contributed by atoms with van der Waals surface area (Å²) in [6.45, 7) is 0. The summed E-state index contributed by atoms with van der Waals surface area (Å²) < 4.78 is 28.1. The molecule has 1 aliphatic rings. The third kappa shape index (κ3) is 3.96. The highest BCUT2D eigenvalue weighted by molar-refractivity contribution is 9.10. The Balaban J connectivity index is 2.09. The Morgan fingerprint density at radius 3 is 2.43 bits per heavy atom. The van der Waals surface area contributed by atoms with Crippen LogP contribution in [0.2, 0.25) is 0 Å². The van der Waals surface area contributed by atoms with E-state index < -0.39 is 10.0 Å². The molecule has 0 aromatic heterocycles. The number of nitrogens with two attached hydrogens (primary N) is 2. The monoisotopic (exact) mass is 375 g/mol. The first-order valence-corrected chi connectivity index (χ1v) is 8.94. The van der Waals surface area contributed by atoms with Gasteiger partial charge in [-0.05, 0) is 43.9 Å². The van der Waals surface area contributed by atoms with Crippen LogP contribution in [0, 0.1) is 5.92 Å². The second-order valence-electron chi connectivity index (χ2n) is 5.25. The van der Waals surface area contributed by atoms with E-state index in [2.05, 4.69) is 20.7 Å². The Hall–Kier alpha value is -1.12. The highest BCUT2D eigenvalue weighted by atomic mass is 79.9. The molecule has 0 heterocycles. The van der Waals surface area contributed by atoms with E-state index in [1.54, 1.807) is 12.1 Å². The highest BCUT2D eigenvalue weighted by Gasteiger charge is 2.28. The number of amides is 1. The third-order valence-electron chi connectivity index (χ3n) is 3.72. The Kier molecular flexibility index (Phi) is 4.90. The predicted octanol–water partition coefficient (Wildman–Crippen LogP) is 1.35. The minimum Gasteiger partial charge on any atom is -0.398 e. The predicted molar refractivity (Wildman–Crippen MR) is 83.8 cm³/mol. The van der Waals surface area contributed by atoms with Gasteiger partial charge in [0.25, 0.3) is 0 Å². The fourth-order valence-electron chi connectivity index (χ4n) is 2.52. The van der Waals surface area contributed by atoms with Crippen molar-refractivity contribution in [2.24, 2.45) is 11.7 Å². The number of hydrogen-bond acceptors (Lipinski definition) is 4. The molecule has 1 aromatic carbocycles. The molecule has 0 unspecified atom stereocenters. The van der Waals surface area contributed by atoms with Gasteiger partial charge >= 0.3 is 0 Å². The summed E-state index contributed by atoms with van der Waals surface area (Å²) in [7, 11) is -3.67. The van der Waals surface area contributed by atoms with Crippen LogP contribution >= 0.6 is 15.9 Å². The van der Waals surface area contributed by atoms with Crippen molar-refractivity contribution in [2.45, 2.75) is 36.6 Å². The molecule has 0 bridgehead atoms. The molecule has 5 N–H and O–H groups in total. The number of benzene rings is 1. The van der Waals surface area contributed by atoms with Gasteiger partial charge in [0.1, 0.15) is 4.90 Å². The van der Waals surface area contributed by atoms with E-state index in [1.165, 1.54) is 6.07 Å². The van der Waals surface area contributed by atoms with Crippen molar-refractivity contribution in [1.29, 1.82) is 0 Å². The van der Waals surface area contributed by atoms with E-state index in [9.17, 15) is 13.2 Å². The molecular formula is C13H18BrN3O3S. The van der Waals surface area contributed by atoms with Crippen LogP contribution in [0.5, 0.6) is 0 Å². The van der Waals surface area contributed by atoms with Gasteiger partial charge in [-0.1, -0.05) is 15.9 Å². The summed E-state index contributed by atoms with van der Waals surface area (Å²) in [4.78, 5) is 11.2. The van der Waals surface area contributed by atoms with E-state index in [1.807, 2.05) is 0 Å². The number of sulfonamides is 1. The van der Waals surface area contributed by atoms with Gasteiger partial charge in [0.05, 0.1) is 5.69 Å². The second kappa shape index (κ2) is 6.33. The molecule has 1 saturated carbocycles. The van der Waals surface area contributed by atoms with Crippen molar-refractivity contribution in [3.63, 3.8) is 0 Å². The van der Waals surface area contributed by atoms with Crippen molar-refractivity contribution in [3.8, 4) is 0 Å². The zero-order valence-electron chi connectivity index (χ0n) is 11.4. The van der Waals surface area contributed by atoms with Crippen molar-refractivity contribution < 1.29 is 13.2 Å². The lowest BCUT2D eigenvalue weighted by Crippen LogP contribution is -2.39. The van der Waals surface area contributed by atoms with Crippen molar-refractivity contribution in [3.05, 3.63) is 22.7 Å². The maximum Gasteiger partial charge on any atom is 0.242 e. The number of rotatable bonds is 4. The zero-order valence-corrected chi connectivity index (χ0v) is 13.8. The van der Waals surface area contributed by atoms with Crippen molar-refractivity contribution in [2.75, 3.05) is 5.73 Å². The Bertz CT molecular complexity index is 640. The van der Waals surface area contributed by atoms with Gasteiger partial charge in [-0.15, -0.1) is 0 Å². The number of halogens is 1. The van der Waals surface area contributed by atoms with Gasteiger partial charge in [-0.25, -0.2) is 13.1 Å². The molecule has 1 fully saturated rings. The van der Waals surface area contributed by atoms with Crippen molar-refractivity contribution >= 4 is 37.5 Å². The quantitative estimate of drug-likeness (QED) is 0.688. The lowest BCUT2D eigenvalue weighted by atomic mass is 9.86. The minimum absolute atomic E-state index is 0.0638. The Morgan fingerprint density at radius 2 is 1.86 bits per heavy atom. The number of nitrogens with one attached hydrogen (secondary N) is 1. The molecule has 1 aromatic rings. The van der Waals surface area contributed by atoms with Crippen LogP contribution in [-0.2, 0) is 14.8 Å². The molecule has 0 spiro atoms. The van der Waals surface area contributed by atoms with Crippen LogP contribution < -0.4 is 16.2 Å². The fourth-order valence-corrected chi connectivity index (χ4v) is 4.49. The molecule has 6 nitrogen and oxygen atoms in total. The Labute approximate surface area is 132 Å². The molecule has 0 atom stereocenters. The average Bonchev–Trinajstić information content (AvgIpc) is 2.41. The van der Waals surface area contributed by atoms with Crippen LogP contribution in [0.25, 0.3) is 0 Å². The minimum atomic E-state index is -3.67. The zero-order chi connectivity index (χ0) is 15.6. The second-order valence-corrected chi connectivity index (χ2v) is 7.85. The lowest BCUT2D eigenvalue weighted by molar-refractivity contribution is -0.122. The first kappa shape index (κ1) is 16.3. The number of carbonyl (C=O) groups is 1. The maximum atomic E-state index is 12.4. The summed E-state index contributed by atoms with van der Waals surface area (Å²) in [5.74, 6) is -0.464. The molecule has 2 rings (SSSR count). The molecule has 116 valence electrons. The molecule has 0 radical (unpaired) electrons. The summed E-state index contributed by atoms with van der Waals surface area (Å²) >= 11 is 3.24. The van der Waals surface area contributed by atoms with E-state index in [0.29, 0.717) is 30.2 Å². The molecule has 1 amide bonds. The van der Waals surface area contributed by atoms with E-state index in [4.69, 9.17) is 11.5 Å². The van der Waals surface area contributed by atoms with Gasteiger partial charge in [0, 0.05) is 16.4 Å². The van der Waals surface area contributed by atoms with Crippen molar-refractivity contribution in [1.82, 2.24) is 4.72 Å². The number of carbonyl (C=O) groups excluding carboxylic acids is 1. The number of primary amides is 1. The molecule has 0 aliphatic heterocycles. The third-order valence-corrected chi connectivity index (χ3v) is 5.79. The highest BCUT2D eigenvalue weighted by Crippen LogP contribution is 2.27. The average molecular weight is 376 g/mol. The number of anilines is 1. The maximum absolute atomic E-state index is 12.4. The van der Waals surface area contributed by atoms with Gasteiger partial charge in [-0.2, -0.15) is 0 Å². The normalized spacial score (nSPS) is 22.9. The number of hydrogen-bond donors (Lipinski definition) is 3. The standard InChI is InChI=1S/C13H18BrN3O3S/c14-9-3-6-11(15)12(7-9)21(19,20)17-10-4-1-8(2-5-10)13(16)18/h3,6-8,10,17H,1-2,4-5,15H2,(H2,16,18). The van der Waals surface area contributed by atoms with E-state index >= 15 is 0 Å². The van der Waals surface area contributed by atoms with Gasteiger partial charge < -0.3 is 11.5 Å². The smallest absolute Gasteiger partial charge is 0.242 e. The summed E-state index contributed by atoms with van der Waals surface area (Å²) in [5.41, 5.74) is 11.2. The van der Waals surface area contributed by atoms with Gasteiger partial charge in [0.2, 0.25) is 15.9 Å². The molecule has 1 aliphatic carbocycles. The van der Waals surface area contributed by atoms with Crippen LogP contribution in [-0.4, -0.2) is 20.4 Å². The van der Waals surface area contributed by atoms with E-state index in [-0.39, 0.29) is 28.4 Å². The summed E-state index contributed by atoms with van der Waals surface area (Å²) in [6, 6.07) is 4.52. The molecule has 0 saturated heterocycles. The first-order valence-electron chi connectivity index (χ1n) is 6.66.